The molecule has 1 saturated heterocycles. The zero-order valence-electron chi connectivity index (χ0n) is 16.3. The van der Waals surface area contributed by atoms with E-state index >= 15 is 0 Å². The Morgan fingerprint density at radius 2 is 2.08 bits per heavy atom. The Labute approximate surface area is 157 Å². The molecule has 0 aromatic carbocycles. The van der Waals surface area contributed by atoms with Crippen LogP contribution in [0.2, 0.25) is 0 Å². The number of unbranched alkanes of at least 4 members (excludes halogenated alkanes) is 2. The van der Waals surface area contributed by atoms with Gasteiger partial charge in [-0.3, -0.25) is 4.99 Å². The van der Waals surface area contributed by atoms with E-state index in [0.29, 0.717) is 0 Å². The van der Waals surface area contributed by atoms with Gasteiger partial charge in [0.15, 0.2) is 5.96 Å². The molecule has 1 fully saturated rings. The van der Waals surface area contributed by atoms with E-state index in [1.54, 1.807) is 11.3 Å². The van der Waals surface area contributed by atoms with Crippen LogP contribution in [0.4, 0.5) is 0 Å². The molecule has 0 radical (unpaired) electrons. The number of aromatic nitrogens is 1. The highest BCUT2D eigenvalue weighted by molar-refractivity contribution is 7.09. The number of hydrogen-bond acceptors (Lipinski definition) is 4. The van der Waals surface area contributed by atoms with Crippen LogP contribution in [0.3, 0.4) is 0 Å². The summed E-state index contributed by atoms with van der Waals surface area (Å²) in [6.45, 7) is 10.7. The number of rotatable bonds is 9. The number of guanidine groups is 1. The molecule has 0 bridgehead atoms. The van der Waals surface area contributed by atoms with Gasteiger partial charge < -0.3 is 15.1 Å². The minimum atomic E-state index is 0.811. The number of aliphatic imine (C=N–C) groups is 1. The lowest BCUT2D eigenvalue weighted by atomic mass is 10.1. The van der Waals surface area contributed by atoms with E-state index in [1.165, 1.54) is 58.2 Å². The van der Waals surface area contributed by atoms with Gasteiger partial charge in [-0.05, 0) is 59.2 Å². The van der Waals surface area contributed by atoms with Crippen molar-refractivity contribution in [1.29, 1.82) is 0 Å². The number of nitrogens with one attached hydrogen (secondary N) is 1. The molecule has 2 heterocycles. The number of nitrogens with zero attached hydrogens (tertiary/aromatic N) is 4. The van der Waals surface area contributed by atoms with Crippen LogP contribution in [0.25, 0.3) is 0 Å². The molecule has 6 heteroatoms. The predicted molar refractivity (Wildman–Crippen MR) is 108 cm³/mol. The van der Waals surface area contributed by atoms with Gasteiger partial charge in [-0.2, -0.15) is 0 Å². The average Bonchev–Trinajstić information content (AvgIpc) is 3.02. The fourth-order valence-electron chi connectivity index (χ4n) is 3.26. The zero-order valence-corrected chi connectivity index (χ0v) is 17.1. The molecule has 1 aliphatic heterocycles. The largest absolute Gasteiger partial charge is 0.357 e. The standard InChI is InChI=1S/C19H35N5S/c1-4-20-19(23(3)15-18-16-25-17(2)22-18)21-11-7-5-8-12-24-13-9-6-10-14-24/h16H,4-15H2,1-3H3,(H,20,21). The minimum Gasteiger partial charge on any atom is -0.357 e. The Morgan fingerprint density at radius 1 is 1.28 bits per heavy atom. The molecular formula is C19H35N5S. The van der Waals surface area contributed by atoms with Crippen LogP contribution < -0.4 is 5.32 Å². The van der Waals surface area contributed by atoms with Crippen LogP contribution in [0.5, 0.6) is 0 Å². The van der Waals surface area contributed by atoms with E-state index in [4.69, 9.17) is 4.99 Å². The second-order valence-electron chi connectivity index (χ2n) is 6.91. The number of aryl methyl sites for hydroxylation is 1. The quantitative estimate of drug-likeness (QED) is 0.413. The van der Waals surface area contributed by atoms with E-state index in [2.05, 4.69) is 46.4 Å². The van der Waals surface area contributed by atoms with Gasteiger partial charge in [0, 0.05) is 25.5 Å². The molecule has 1 aromatic rings. The number of thiazole rings is 1. The van der Waals surface area contributed by atoms with Crippen molar-refractivity contribution in [1.82, 2.24) is 20.1 Å². The third-order valence-corrected chi connectivity index (χ3v) is 5.43. The van der Waals surface area contributed by atoms with Gasteiger partial charge in [0.1, 0.15) is 0 Å². The van der Waals surface area contributed by atoms with Crippen molar-refractivity contribution in [2.24, 2.45) is 4.99 Å². The highest BCUT2D eigenvalue weighted by Gasteiger charge is 2.10. The van der Waals surface area contributed by atoms with Crippen LogP contribution in [-0.4, -0.2) is 60.5 Å². The number of hydrogen-bond donors (Lipinski definition) is 1. The van der Waals surface area contributed by atoms with Crippen molar-refractivity contribution < 1.29 is 0 Å². The first-order chi connectivity index (χ1) is 12.2. The van der Waals surface area contributed by atoms with Gasteiger partial charge in [-0.1, -0.05) is 12.8 Å². The van der Waals surface area contributed by atoms with Gasteiger partial charge in [0.2, 0.25) is 0 Å². The number of piperidine rings is 1. The van der Waals surface area contributed by atoms with E-state index in [9.17, 15) is 0 Å². The monoisotopic (exact) mass is 365 g/mol. The van der Waals surface area contributed by atoms with Crippen molar-refractivity contribution in [2.45, 2.75) is 58.9 Å². The smallest absolute Gasteiger partial charge is 0.194 e. The predicted octanol–water partition coefficient (Wildman–Crippen LogP) is 3.51. The van der Waals surface area contributed by atoms with Crippen LogP contribution >= 0.6 is 11.3 Å². The maximum absolute atomic E-state index is 4.79. The lowest BCUT2D eigenvalue weighted by Gasteiger charge is -2.26. The molecule has 5 nitrogen and oxygen atoms in total. The Morgan fingerprint density at radius 3 is 2.76 bits per heavy atom. The fraction of sp³-hybridized carbons (Fsp3) is 0.789. The average molecular weight is 366 g/mol. The summed E-state index contributed by atoms with van der Waals surface area (Å²) in [5, 5.41) is 6.65. The summed E-state index contributed by atoms with van der Waals surface area (Å²) in [6.07, 6.45) is 7.95. The molecule has 0 aliphatic carbocycles. The Bertz CT molecular complexity index is 508. The molecule has 0 spiro atoms. The first-order valence-corrected chi connectivity index (χ1v) is 10.7. The van der Waals surface area contributed by atoms with Gasteiger partial charge in [-0.25, -0.2) is 4.98 Å². The maximum Gasteiger partial charge on any atom is 0.194 e. The maximum atomic E-state index is 4.79. The third-order valence-electron chi connectivity index (χ3n) is 4.60. The molecular weight excluding hydrogens is 330 g/mol. The molecule has 25 heavy (non-hydrogen) atoms. The van der Waals surface area contributed by atoms with E-state index in [-0.39, 0.29) is 0 Å². The summed E-state index contributed by atoms with van der Waals surface area (Å²) >= 11 is 1.71. The molecule has 142 valence electrons. The first kappa shape index (κ1) is 20.2. The normalized spacial score (nSPS) is 16.2. The molecule has 1 aliphatic rings. The van der Waals surface area contributed by atoms with Gasteiger partial charge in [0.05, 0.1) is 17.2 Å². The molecule has 0 atom stereocenters. The Balaban J connectivity index is 1.67. The Hall–Kier alpha value is -1.14. The second-order valence-corrected chi connectivity index (χ2v) is 7.97. The lowest BCUT2D eigenvalue weighted by molar-refractivity contribution is 0.224. The lowest BCUT2D eigenvalue weighted by Crippen LogP contribution is -2.38. The second kappa shape index (κ2) is 11.5. The van der Waals surface area contributed by atoms with Crippen molar-refractivity contribution >= 4 is 17.3 Å². The van der Waals surface area contributed by atoms with Gasteiger partial charge in [0.25, 0.3) is 0 Å². The fourth-order valence-corrected chi connectivity index (χ4v) is 3.86. The van der Waals surface area contributed by atoms with Gasteiger partial charge in [-0.15, -0.1) is 11.3 Å². The SMILES string of the molecule is CCNC(=NCCCCCN1CCCCC1)N(C)Cc1csc(C)n1. The molecule has 2 rings (SSSR count). The molecule has 0 amide bonds. The third kappa shape index (κ3) is 7.74. The van der Waals surface area contributed by atoms with E-state index in [1.807, 2.05) is 0 Å². The summed E-state index contributed by atoms with van der Waals surface area (Å²) in [5.74, 6) is 0.990. The summed E-state index contributed by atoms with van der Waals surface area (Å²) in [7, 11) is 2.09. The van der Waals surface area contributed by atoms with Crippen molar-refractivity contribution in [3.05, 3.63) is 16.1 Å². The van der Waals surface area contributed by atoms with E-state index in [0.717, 1.165) is 36.3 Å². The molecule has 1 aromatic heterocycles. The molecule has 1 N–H and O–H groups in total. The number of likely N-dealkylation sites (tertiary alicyclic amines) is 1. The van der Waals surface area contributed by atoms with Crippen molar-refractivity contribution in [3.63, 3.8) is 0 Å². The molecule has 0 unspecified atom stereocenters. The summed E-state index contributed by atoms with van der Waals surface area (Å²) in [6, 6.07) is 0. The summed E-state index contributed by atoms with van der Waals surface area (Å²) < 4.78 is 0. The van der Waals surface area contributed by atoms with Crippen LogP contribution in [-0.2, 0) is 6.54 Å². The van der Waals surface area contributed by atoms with Crippen LogP contribution in [0, 0.1) is 6.92 Å². The Kier molecular flexibility index (Phi) is 9.26. The molecule has 0 saturated carbocycles. The first-order valence-electron chi connectivity index (χ1n) is 9.82. The van der Waals surface area contributed by atoms with Crippen LogP contribution in [0.1, 0.15) is 56.2 Å². The summed E-state index contributed by atoms with van der Waals surface area (Å²) in [4.78, 5) is 14.1. The van der Waals surface area contributed by atoms with Crippen molar-refractivity contribution in [3.8, 4) is 0 Å². The van der Waals surface area contributed by atoms with E-state index < -0.39 is 0 Å². The van der Waals surface area contributed by atoms with Crippen molar-refractivity contribution in [2.75, 3.05) is 39.8 Å². The summed E-state index contributed by atoms with van der Waals surface area (Å²) in [5.41, 5.74) is 1.12. The zero-order chi connectivity index (χ0) is 17.9. The highest BCUT2D eigenvalue weighted by atomic mass is 32.1. The topological polar surface area (TPSA) is 43.8 Å². The minimum absolute atomic E-state index is 0.811. The van der Waals surface area contributed by atoms with Gasteiger partial charge >= 0.3 is 0 Å². The highest BCUT2D eigenvalue weighted by Crippen LogP contribution is 2.11. The van der Waals surface area contributed by atoms with Crippen LogP contribution in [0.15, 0.2) is 10.4 Å².